The van der Waals surface area contributed by atoms with Gasteiger partial charge in [0.15, 0.2) is 5.82 Å². The predicted octanol–water partition coefficient (Wildman–Crippen LogP) is 4.63. The Balaban J connectivity index is 2.62. The number of rotatable bonds is 4. The molecule has 0 bridgehead atoms. The topological polar surface area (TPSA) is 34.9 Å². The second-order valence-electron chi connectivity index (χ2n) is 4.73. The van der Waals surface area contributed by atoms with Gasteiger partial charge in [0.2, 0.25) is 0 Å². The molecule has 0 spiro atoms. The lowest BCUT2D eigenvalue weighted by Gasteiger charge is -2.13. The number of alkyl halides is 3. The number of thioether (sulfide) groups is 1. The van der Waals surface area contributed by atoms with Crippen LogP contribution < -0.4 is 5.56 Å². The second-order valence-corrected chi connectivity index (χ2v) is 6.20. The molecule has 1 aromatic carbocycles. The van der Waals surface area contributed by atoms with Crippen molar-refractivity contribution in [3.05, 3.63) is 63.3 Å². The van der Waals surface area contributed by atoms with E-state index < -0.39 is 28.7 Å². The molecule has 1 heterocycles. The molecule has 0 N–H and O–H groups in total. The van der Waals surface area contributed by atoms with E-state index in [-0.39, 0.29) is 10.7 Å². The Morgan fingerprint density at radius 1 is 1.42 bits per heavy atom. The minimum Gasteiger partial charge on any atom is -0.267 e. The van der Waals surface area contributed by atoms with Crippen LogP contribution >= 0.6 is 23.4 Å². The van der Waals surface area contributed by atoms with E-state index in [1.807, 2.05) is 0 Å². The molecule has 2 aromatic rings. The zero-order valence-electron chi connectivity index (χ0n) is 12.3. The van der Waals surface area contributed by atoms with Crippen LogP contribution in [-0.4, -0.2) is 15.5 Å². The number of halogens is 5. The van der Waals surface area contributed by atoms with Crippen molar-refractivity contribution in [2.24, 2.45) is 0 Å². The van der Waals surface area contributed by atoms with Crippen LogP contribution in [0.15, 0.2) is 40.7 Å². The average Bonchev–Trinajstić information content (AvgIpc) is 2.48. The van der Waals surface area contributed by atoms with E-state index in [2.05, 4.69) is 11.7 Å². The largest absolute Gasteiger partial charge is 0.418 e. The molecular weight excluding hydrogens is 368 g/mol. The van der Waals surface area contributed by atoms with Crippen molar-refractivity contribution in [2.45, 2.75) is 18.0 Å². The Kier molecular flexibility index (Phi) is 5.39. The van der Waals surface area contributed by atoms with E-state index in [4.69, 9.17) is 11.6 Å². The summed E-state index contributed by atoms with van der Waals surface area (Å²) in [4.78, 5) is 12.6. The summed E-state index contributed by atoms with van der Waals surface area (Å²) in [5, 5.41) is 3.58. The van der Waals surface area contributed by atoms with Crippen LogP contribution in [0.4, 0.5) is 17.6 Å². The van der Waals surface area contributed by atoms with Gasteiger partial charge in [-0.2, -0.15) is 23.0 Å². The van der Waals surface area contributed by atoms with Crippen LogP contribution in [0.25, 0.3) is 5.69 Å². The van der Waals surface area contributed by atoms with Gasteiger partial charge in [0.1, 0.15) is 5.69 Å². The molecule has 128 valence electrons. The van der Waals surface area contributed by atoms with E-state index in [1.165, 1.54) is 17.8 Å². The first-order chi connectivity index (χ1) is 11.2. The minimum absolute atomic E-state index is 0.125. The Bertz CT molecular complexity index is 849. The molecule has 24 heavy (non-hydrogen) atoms. The van der Waals surface area contributed by atoms with Gasteiger partial charge in [0.05, 0.1) is 16.8 Å². The van der Waals surface area contributed by atoms with Gasteiger partial charge in [-0.3, -0.25) is 4.79 Å². The summed E-state index contributed by atoms with van der Waals surface area (Å²) in [6.45, 7) is 4.57. The number of hydrogen-bond donors (Lipinski definition) is 0. The Morgan fingerprint density at radius 2 is 2.08 bits per heavy atom. The molecule has 2 rings (SSSR count). The van der Waals surface area contributed by atoms with Crippen molar-refractivity contribution < 1.29 is 17.6 Å². The van der Waals surface area contributed by atoms with Crippen molar-refractivity contribution in [1.82, 2.24) is 9.78 Å². The first-order valence-electron chi connectivity index (χ1n) is 6.56. The number of nitrogens with zero attached hydrogens (tertiary/aromatic N) is 2. The molecule has 1 aromatic heterocycles. The smallest absolute Gasteiger partial charge is 0.267 e. The highest BCUT2D eigenvalue weighted by Crippen LogP contribution is 2.32. The first-order valence-corrected chi connectivity index (χ1v) is 7.92. The molecule has 0 fully saturated rings. The summed E-state index contributed by atoms with van der Waals surface area (Å²) in [5.74, 6) is -0.379. The van der Waals surface area contributed by atoms with Crippen molar-refractivity contribution in [1.29, 1.82) is 0 Å². The van der Waals surface area contributed by atoms with Crippen LogP contribution in [0.3, 0.4) is 0 Å². The van der Waals surface area contributed by atoms with E-state index >= 15 is 0 Å². The normalized spacial score (nSPS) is 11.6. The lowest BCUT2D eigenvalue weighted by molar-refractivity contribution is -0.138. The van der Waals surface area contributed by atoms with Gasteiger partial charge in [-0.05, 0) is 19.1 Å². The Hall–Kier alpha value is -1.80. The molecule has 9 heteroatoms. The van der Waals surface area contributed by atoms with Crippen molar-refractivity contribution in [2.75, 3.05) is 5.75 Å². The zero-order valence-corrected chi connectivity index (χ0v) is 13.9. The van der Waals surface area contributed by atoms with E-state index in [0.29, 0.717) is 21.5 Å². The maximum atomic E-state index is 14.1. The van der Waals surface area contributed by atoms with Gasteiger partial charge >= 0.3 is 6.18 Å². The summed E-state index contributed by atoms with van der Waals surface area (Å²) in [5.41, 5.74) is -3.04. The lowest BCUT2D eigenvalue weighted by atomic mass is 10.2. The Morgan fingerprint density at radius 3 is 2.67 bits per heavy atom. The standard InChI is InChI=1S/C15H11ClF4N2OS/c1-3-4-24-13-6-12(11(17)5-10(13)16)22-14(23)8(2)9(7-21-22)15(18,19)20/h3,5-7H,1,4H2,2H3. The predicted molar refractivity (Wildman–Crippen MR) is 85.5 cm³/mol. The summed E-state index contributed by atoms with van der Waals surface area (Å²) in [6.07, 6.45) is -2.60. The van der Waals surface area contributed by atoms with Crippen LogP contribution in [0.5, 0.6) is 0 Å². The molecule has 0 amide bonds. The molecular formula is C15H11ClF4N2OS. The number of benzene rings is 1. The van der Waals surface area contributed by atoms with Crippen molar-refractivity contribution in [3.8, 4) is 5.69 Å². The fourth-order valence-corrected chi connectivity index (χ4v) is 2.94. The van der Waals surface area contributed by atoms with Crippen molar-refractivity contribution >= 4 is 23.4 Å². The van der Waals surface area contributed by atoms with E-state index in [9.17, 15) is 22.4 Å². The van der Waals surface area contributed by atoms with Crippen LogP contribution in [0.1, 0.15) is 11.1 Å². The summed E-state index contributed by atoms with van der Waals surface area (Å²) >= 11 is 7.17. The minimum atomic E-state index is -4.71. The Labute approximate surface area is 143 Å². The van der Waals surface area contributed by atoms with Crippen molar-refractivity contribution in [3.63, 3.8) is 0 Å². The SMILES string of the molecule is C=CCSc1cc(-n2ncc(C(F)(F)F)c(C)c2=O)c(F)cc1Cl. The van der Waals surface area contributed by atoms with Crippen LogP contribution in [-0.2, 0) is 6.18 Å². The van der Waals surface area contributed by atoms with Gasteiger partial charge in [-0.15, -0.1) is 18.3 Å². The molecule has 0 aliphatic carbocycles. The molecule has 0 saturated heterocycles. The fourth-order valence-electron chi connectivity index (χ4n) is 1.94. The van der Waals surface area contributed by atoms with Crippen LogP contribution in [0.2, 0.25) is 5.02 Å². The van der Waals surface area contributed by atoms with Gasteiger partial charge in [0.25, 0.3) is 5.56 Å². The summed E-state index contributed by atoms with van der Waals surface area (Å²) < 4.78 is 53.2. The average molecular weight is 379 g/mol. The highest BCUT2D eigenvalue weighted by Gasteiger charge is 2.34. The highest BCUT2D eigenvalue weighted by atomic mass is 35.5. The van der Waals surface area contributed by atoms with Gasteiger partial charge in [-0.25, -0.2) is 4.39 Å². The number of aromatic nitrogens is 2. The van der Waals surface area contributed by atoms with Gasteiger partial charge < -0.3 is 0 Å². The maximum Gasteiger partial charge on any atom is 0.418 e. The third kappa shape index (κ3) is 3.64. The summed E-state index contributed by atoms with van der Waals surface area (Å²) in [6, 6.07) is 2.26. The molecule has 3 nitrogen and oxygen atoms in total. The monoisotopic (exact) mass is 378 g/mol. The number of hydrogen-bond acceptors (Lipinski definition) is 3. The molecule has 0 saturated carbocycles. The third-order valence-electron chi connectivity index (χ3n) is 3.11. The molecule has 0 aliphatic heterocycles. The zero-order chi connectivity index (χ0) is 18.1. The quantitative estimate of drug-likeness (QED) is 0.442. The van der Waals surface area contributed by atoms with Gasteiger partial charge in [-0.1, -0.05) is 17.7 Å². The molecule has 0 unspecified atom stereocenters. The lowest BCUT2D eigenvalue weighted by Crippen LogP contribution is -2.27. The molecule has 0 atom stereocenters. The summed E-state index contributed by atoms with van der Waals surface area (Å²) in [7, 11) is 0. The maximum absolute atomic E-state index is 14.1. The third-order valence-corrected chi connectivity index (χ3v) is 4.59. The van der Waals surface area contributed by atoms with E-state index in [0.717, 1.165) is 13.0 Å². The molecule has 0 radical (unpaired) electrons. The second kappa shape index (κ2) is 6.98. The van der Waals surface area contributed by atoms with E-state index in [1.54, 1.807) is 6.08 Å². The van der Waals surface area contributed by atoms with Gasteiger partial charge in [0, 0.05) is 16.2 Å². The fraction of sp³-hybridized carbons (Fsp3) is 0.200. The highest BCUT2D eigenvalue weighted by molar-refractivity contribution is 7.99. The van der Waals surface area contributed by atoms with Crippen LogP contribution in [0, 0.1) is 12.7 Å². The first kappa shape index (κ1) is 18.5. The molecule has 0 aliphatic rings.